The molecule has 0 amide bonds. The molecular weight excluding hydrogens is 244 g/mol. The van der Waals surface area contributed by atoms with Gasteiger partial charge in [-0.25, -0.2) is 0 Å². The summed E-state index contributed by atoms with van der Waals surface area (Å²) in [5.74, 6) is 0.721. The van der Waals surface area contributed by atoms with Crippen molar-refractivity contribution >= 4 is 18.6 Å². The summed E-state index contributed by atoms with van der Waals surface area (Å²) in [4.78, 5) is 10.7. The molecule has 0 fully saturated rings. The van der Waals surface area contributed by atoms with Gasteiger partial charge in [-0.05, 0) is 24.1 Å². The SMILES string of the molecule is COc1cc(CC(S)C(=O)O)cc2c1OCO2. The summed E-state index contributed by atoms with van der Waals surface area (Å²) >= 11 is 3.99. The Morgan fingerprint density at radius 2 is 2.35 bits per heavy atom. The van der Waals surface area contributed by atoms with Crippen LogP contribution in [0.25, 0.3) is 0 Å². The van der Waals surface area contributed by atoms with Gasteiger partial charge >= 0.3 is 5.97 Å². The van der Waals surface area contributed by atoms with Gasteiger partial charge in [0.25, 0.3) is 0 Å². The van der Waals surface area contributed by atoms with E-state index in [1.54, 1.807) is 12.1 Å². The summed E-state index contributed by atoms with van der Waals surface area (Å²) in [6, 6.07) is 3.48. The van der Waals surface area contributed by atoms with Crippen LogP contribution in [0.3, 0.4) is 0 Å². The highest BCUT2D eigenvalue weighted by Gasteiger charge is 2.22. The molecule has 5 nitrogen and oxygen atoms in total. The second kappa shape index (κ2) is 4.75. The zero-order chi connectivity index (χ0) is 12.4. The van der Waals surface area contributed by atoms with Crippen molar-refractivity contribution in [1.82, 2.24) is 0 Å². The number of aliphatic carboxylic acids is 1. The average Bonchev–Trinajstić information content (AvgIpc) is 2.75. The van der Waals surface area contributed by atoms with Crippen LogP contribution in [0.15, 0.2) is 12.1 Å². The molecule has 0 aliphatic carbocycles. The predicted molar refractivity (Wildman–Crippen MR) is 63.2 cm³/mol. The van der Waals surface area contributed by atoms with E-state index in [1.807, 2.05) is 0 Å². The summed E-state index contributed by atoms with van der Waals surface area (Å²) in [6.45, 7) is 0.151. The smallest absolute Gasteiger partial charge is 0.316 e. The molecule has 1 aromatic carbocycles. The lowest BCUT2D eigenvalue weighted by atomic mass is 10.1. The molecule has 0 saturated carbocycles. The molecule has 2 rings (SSSR count). The van der Waals surface area contributed by atoms with E-state index < -0.39 is 11.2 Å². The normalized spacial score (nSPS) is 14.5. The van der Waals surface area contributed by atoms with E-state index in [1.165, 1.54) is 7.11 Å². The van der Waals surface area contributed by atoms with Crippen LogP contribution in [-0.4, -0.2) is 30.2 Å². The van der Waals surface area contributed by atoms with Crippen LogP contribution < -0.4 is 14.2 Å². The fraction of sp³-hybridized carbons (Fsp3) is 0.364. The van der Waals surface area contributed by atoms with Gasteiger partial charge in [-0.1, -0.05) is 0 Å². The lowest BCUT2D eigenvalue weighted by Crippen LogP contribution is -2.16. The summed E-state index contributed by atoms with van der Waals surface area (Å²) in [6.07, 6.45) is 0.297. The number of thiol groups is 1. The summed E-state index contributed by atoms with van der Waals surface area (Å²) < 4.78 is 15.7. The Hall–Kier alpha value is -1.56. The van der Waals surface area contributed by atoms with Crippen molar-refractivity contribution < 1.29 is 24.1 Å². The van der Waals surface area contributed by atoms with Gasteiger partial charge in [-0.2, -0.15) is 12.6 Å². The van der Waals surface area contributed by atoms with Gasteiger partial charge in [0, 0.05) is 0 Å². The molecule has 0 radical (unpaired) electrons. The van der Waals surface area contributed by atoms with Gasteiger partial charge in [0.1, 0.15) is 5.25 Å². The second-order valence-corrected chi connectivity index (χ2v) is 4.21. The molecule has 1 unspecified atom stereocenters. The Morgan fingerprint density at radius 1 is 1.59 bits per heavy atom. The van der Waals surface area contributed by atoms with Crippen molar-refractivity contribution in [3.8, 4) is 17.2 Å². The Labute approximate surface area is 104 Å². The number of fused-ring (bicyclic) bond motifs is 1. The minimum atomic E-state index is -0.954. The number of carboxylic acid groups (broad SMARTS) is 1. The highest BCUT2D eigenvalue weighted by molar-refractivity contribution is 7.81. The first-order valence-corrected chi connectivity index (χ1v) is 5.51. The average molecular weight is 256 g/mol. The highest BCUT2D eigenvalue weighted by Crippen LogP contribution is 2.42. The summed E-state index contributed by atoms with van der Waals surface area (Å²) in [5, 5.41) is 8.05. The van der Waals surface area contributed by atoms with Crippen molar-refractivity contribution in [3.63, 3.8) is 0 Å². The largest absolute Gasteiger partial charge is 0.493 e. The predicted octanol–water partition coefficient (Wildman–Crippen LogP) is 1.35. The maximum atomic E-state index is 10.7. The molecule has 1 heterocycles. The number of carbonyl (C=O) groups is 1. The van der Waals surface area contributed by atoms with Crippen LogP contribution in [0.5, 0.6) is 17.2 Å². The second-order valence-electron chi connectivity index (χ2n) is 3.59. The molecule has 0 aromatic heterocycles. The number of hydrogen-bond acceptors (Lipinski definition) is 5. The van der Waals surface area contributed by atoms with E-state index in [-0.39, 0.29) is 6.79 Å². The molecule has 6 heteroatoms. The molecule has 0 saturated heterocycles. The molecule has 1 aliphatic heterocycles. The molecule has 1 aromatic rings. The minimum absolute atomic E-state index is 0.151. The number of ether oxygens (including phenoxy) is 3. The lowest BCUT2D eigenvalue weighted by Gasteiger charge is -2.09. The van der Waals surface area contributed by atoms with Crippen molar-refractivity contribution in [2.45, 2.75) is 11.7 Å². The van der Waals surface area contributed by atoms with Crippen LogP contribution in [0.2, 0.25) is 0 Å². The first-order valence-electron chi connectivity index (χ1n) is 4.99. The molecular formula is C11H12O5S. The zero-order valence-corrected chi connectivity index (χ0v) is 10.1. The Kier molecular flexibility index (Phi) is 3.33. The van der Waals surface area contributed by atoms with Gasteiger partial charge in [0.2, 0.25) is 12.5 Å². The standard InChI is InChI=1S/C11H12O5S/c1-14-7-2-6(4-9(17)11(12)13)3-8-10(7)16-5-15-8/h2-3,9,17H,4-5H2,1H3,(H,12,13). The number of hydrogen-bond donors (Lipinski definition) is 2. The maximum absolute atomic E-state index is 10.7. The summed E-state index contributed by atoms with van der Waals surface area (Å²) in [7, 11) is 1.52. The molecule has 17 heavy (non-hydrogen) atoms. The van der Waals surface area contributed by atoms with E-state index in [9.17, 15) is 4.79 Å². The highest BCUT2D eigenvalue weighted by atomic mass is 32.1. The third-order valence-electron chi connectivity index (χ3n) is 2.43. The van der Waals surface area contributed by atoms with Gasteiger partial charge in [-0.3, -0.25) is 4.79 Å². The number of benzene rings is 1. The fourth-order valence-electron chi connectivity index (χ4n) is 1.61. The van der Waals surface area contributed by atoms with E-state index in [2.05, 4.69) is 12.6 Å². The Bertz CT molecular complexity index is 446. The van der Waals surface area contributed by atoms with Gasteiger partial charge in [-0.15, -0.1) is 0 Å². The quantitative estimate of drug-likeness (QED) is 0.796. The van der Waals surface area contributed by atoms with Crippen LogP contribution in [0, 0.1) is 0 Å². The molecule has 1 atom stereocenters. The zero-order valence-electron chi connectivity index (χ0n) is 9.17. The van der Waals surface area contributed by atoms with E-state index in [4.69, 9.17) is 19.3 Å². The Balaban J connectivity index is 2.27. The monoisotopic (exact) mass is 256 g/mol. The number of carboxylic acids is 1. The molecule has 0 spiro atoms. The van der Waals surface area contributed by atoms with Gasteiger partial charge in [0.15, 0.2) is 11.5 Å². The van der Waals surface area contributed by atoms with Crippen molar-refractivity contribution in [2.75, 3.05) is 13.9 Å². The third-order valence-corrected chi connectivity index (χ3v) is 2.84. The topological polar surface area (TPSA) is 65.0 Å². The van der Waals surface area contributed by atoms with Crippen LogP contribution >= 0.6 is 12.6 Å². The van der Waals surface area contributed by atoms with Crippen LogP contribution in [0.1, 0.15) is 5.56 Å². The van der Waals surface area contributed by atoms with Crippen LogP contribution in [-0.2, 0) is 11.2 Å². The molecule has 1 aliphatic rings. The van der Waals surface area contributed by atoms with Crippen molar-refractivity contribution in [2.24, 2.45) is 0 Å². The van der Waals surface area contributed by atoms with Crippen molar-refractivity contribution in [3.05, 3.63) is 17.7 Å². The fourth-order valence-corrected chi connectivity index (χ4v) is 1.82. The molecule has 92 valence electrons. The van der Waals surface area contributed by atoms with E-state index in [0.717, 1.165) is 5.56 Å². The Morgan fingerprint density at radius 3 is 3.00 bits per heavy atom. The van der Waals surface area contributed by atoms with Gasteiger partial charge in [0.05, 0.1) is 7.11 Å². The van der Waals surface area contributed by atoms with Crippen molar-refractivity contribution in [1.29, 1.82) is 0 Å². The van der Waals surface area contributed by atoms with Gasteiger partial charge < -0.3 is 19.3 Å². The van der Waals surface area contributed by atoms with E-state index >= 15 is 0 Å². The van der Waals surface area contributed by atoms with E-state index in [0.29, 0.717) is 23.7 Å². The number of rotatable bonds is 4. The summed E-state index contributed by atoms with van der Waals surface area (Å²) in [5.41, 5.74) is 0.786. The first-order chi connectivity index (χ1) is 8.11. The third kappa shape index (κ3) is 2.41. The maximum Gasteiger partial charge on any atom is 0.316 e. The van der Waals surface area contributed by atoms with Crippen LogP contribution in [0.4, 0.5) is 0 Å². The number of methoxy groups -OCH3 is 1. The molecule has 0 bridgehead atoms. The minimum Gasteiger partial charge on any atom is -0.493 e. The first kappa shape index (κ1) is 11.9. The molecule has 1 N–H and O–H groups in total. The lowest BCUT2D eigenvalue weighted by molar-refractivity contribution is -0.136.